The van der Waals surface area contributed by atoms with Crippen molar-refractivity contribution in [2.45, 2.75) is 18.6 Å². The van der Waals surface area contributed by atoms with Crippen LogP contribution in [0.25, 0.3) is 0 Å². The van der Waals surface area contributed by atoms with E-state index >= 15 is 0 Å². The molecule has 0 N–H and O–H groups in total. The molecule has 2 fully saturated rings. The molecule has 4 nitrogen and oxygen atoms in total. The van der Waals surface area contributed by atoms with Crippen molar-refractivity contribution in [2.24, 2.45) is 5.92 Å². The van der Waals surface area contributed by atoms with Gasteiger partial charge in [-0.25, -0.2) is 8.42 Å². The molecule has 2 aliphatic heterocycles. The summed E-state index contributed by atoms with van der Waals surface area (Å²) >= 11 is 0. The summed E-state index contributed by atoms with van der Waals surface area (Å²) in [6, 6.07) is 0. The van der Waals surface area contributed by atoms with E-state index in [0.717, 1.165) is 6.42 Å². The van der Waals surface area contributed by atoms with Crippen LogP contribution in [-0.2, 0) is 18.5 Å². The highest BCUT2D eigenvalue weighted by molar-refractivity contribution is 8.13. The fourth-order valence-corrected chi connectivity index (χ4v) is 3.00. The van der Waals surface area contributed by atoms with Gasteiger partial charge in [-0.3, -0.25) is 0 Å². The van der Waals surface area contributed by atoms with Crippen LogP contribution in [0.15, 0.2) is 0 Å². The second kappa shape index (κ2) is 3.38. The van der Waals surface area contributed by atoms with Crippen molar-refractivity contribution in [3.8, 4) is 0 Å². The summed E-state index contributed by atoms with van der Waals surface area (Å²) in [5.41, 5.74) is 0. The number of fused-ring (bicyclic) bond motifs is 1. The predicted octanol–water partition coefficient (Wildman–Crippen LogP) is 0.359. The zero-order valence-electron chi connectivity index (χ0n) is 6.98. The monoisotopic (exact) mass is 226 g/mol. The van der Waals surface area contributed by atoms with E-state index in [2.05, 4.69) is 0 Å². The van der Waals surface area contributed by atoms with Gasteiger partial charge < -0.3 is 9.47 Å². The van der Waals surface area contributed by atoms with Crippen molar-refractivity contribution in [1.29, 1.82) is 0 Å². The first-order valence-electron chi connectivity index (χ1n) is 4.20. The topological polar surface area (TPSA) is 52.6 Å². The van der Waals surface area contributed by atoms with Gasteiger partial charge in [-0.05, 0) is 6.42 Å². The number of hydrogen-bond acceptors (Lipinski definition) is 4. The van der Waals surface area contributed by atoms with Gasteiger partial charge >= 0.3 is 0 Å². The Morgan fingerprint density at radius 1 is 1.38 bits per heavy atom. The third-order valence-electron chi connectivity index (χ3n) is 2.46. The molecule has 6 heteroatoms. The lowest BCUT2D eigenvalue weighted by Crippen LogP contribution is -2.20. The van der Waals surface area contributed by atoms with E-state index in [-0.39, 0.29) is 18.0 Å². The van der Waals surface area contributed by atoms with E-state index in [9.17, 15) is 8.42 Å². The zero-order valence-corrected chi connectivity index (χ0v) is 8.55. The molecular formula is C7H11ClO4S. The Morgan fingerprint density at radius 2 is 2.15 bits per heavy atom. The molecule has 0 bridgehead atoms. The molecule has 0 radical (unpaired) electrons. The van der Waals surface area contributed by atoms with Gasteiger partial charge in [0.15, 0.2) is 0 Å². The average molecular weight is 227 g/mol. The minimum Gasteiger partial charge on any atom is -0.378 e. The SMILES string of the molecule is O=S(=O)(Cl)CC1C[C@@H]2COC[C@H]2O1. The standard InChI is InChI=1S/C7H11ClO4S/c8-13(9,10)4-6-1-5-2-11-3-7(5)12-6/h5-7H,1-4H2/t5-,6?,7-/m1/s1. The van der Waals surface area contributed by atoms with Crippen LogP contribution in [0.3, 0.4) is 0 Å². The Balaban J connectivity index is 1.92. The van der Waals surface area contributed by atoms with Gasteiger partial charge in [0.05, 0.1) is 31.2 Å². The van der Waals surface area contributed by atoms with Gasteiger partial charge in [0, 0.05) is 16.6 Å². The first kappa shape index (κ1) is 9.71. The lowest BCUT2D eigenvalue weighted by atomic mass is 10.0. The highest BCUT2D eigenvalue weighted by atomic mass is 35.7. The second-order valence-corrected chi connectivity index (χ2v) is 6.36. The van der Waals surface area contributed by atoms with Crippen LogP contribution in [0.1, 0.15) is 6.42 Å². The molecule has 0 aliphatic carbocycles. The van der Waals surface area contributed by atoms with Crippen molar-refractivity contribution in [2.75, 3.05) is 19.0 Å². The maximum Gasteiger partial charge on any atom is 0.235 e. The van der Waals surface area contributed by atoms with E-state index in [1.165, 1.54) is 0 Å². The zero-order chi connectivity index (χ0) is 9.47. The first-order chi connectivity index (χ1) is 6.04. The Hall–Kier alpha value is 0.160. The Morgan fingerprint density at radius 3 is 2.77 bits per heavy atom. The maximum atomic E-state index is 10.8. The Labute approximate surface area is 81.6 Å². The lowest BCUT2D eigenvalue weighted by molar-refractivity contribution is 0.0301. The minimum absolute atomic E-state index is 0.0818. The van der Waals surface area contributed by atoms with Crippen molar-refractivity contribution in [3.05, 3.63) is 0 Å². The Kier molecular flexibility index (Phi) is 2.53. The Bertz CT molecular complexity index is 277. The fourth-order valence-electron chi connectivity index (χ4n) is 1.92. The van der Waals surface area contributed by atoms with Gasteiger partial charge in [0.1, 0.15) is 0 Å². The normalized spacial score (nSPS) is 39.3. The first-order valence-corrected chi connectivity index (χ1v) is 6.68. The van der Waals surface area contributed by atoms with Crippen molar-refractivity contribution in [3.63, 3.8) is 0 Å². The molecule has 2 rings (SSSR count). The smallest absolute Gasteiger partial charge is 0.235 e. The van der Waals surface area contributed by atoms with Gasteiger partial charge in [0.2, 0.25) is 9.05 Å². The van der Waals surface area contributed by atoms with Crippen molar-refractivity contribution >= 4 is 19.7 Å². The fraction of sp³-hybridized carbons (Fsp3) is 1.00. The third-order valence-corrected chi connectivity index (χ3v) is 3.61. The summed E-state index contributed by atoms with van der Waals surface area (Å²) in [6.45, 7) is 1.27. The van der Waals surface area contributed by atoms with Gasteiger partial charge in [-0.2, -0.15) is 0 Å². The maximum absolute atomic E-state index is 10.8. The molecule has 0 aromatic heterocycles. The molecule has 76 valence electrons. The van der Waals surface area contributed by atoms with Gasteiger partial charge in [-0.1, -0.05) is 0 Å². The second-order valence-electron chi connectivity index (χ2n) is 3.54. The summed E-state index contributed by atoms with van der Waals surface area (Å²) in [5.74, 6) is 0.282. The van der Waals surface area contributed by atoms with Crippen LogP contribution in [0, 0.1) is 5.92 Å². The quantitative estimate of drug-likeness (QED) is 0.638. The highest BCUT2D eigenvalue weighted by Gasteiger charge is 2.40. The third kappa shape index (κ3) is 2.34. The summed E-state index contributed by atoms with van der Waals surface area (Å²) < 4.78 is 32.2. The summed E-state index contributed by atoms with van der Waals surface area (Å²) in [7, 11) is 1.70. The van der Waals surface area contributed by atoms with Crippen LogP contribution in [0.5, 0.6) is 0 Å². The van der Waals surface area contributed by atoms with Crippen molar-refractivity contribution in [1.82, 2.24) is 0 Å². The van der Waals surface area contributed by atoms with E-state index in [1.807, 2.05) is 0 Å². The van der Waals surface area contributed by atoms with Crippen LogP contribution in [0.4, 0.5) is 0 Å². The lowest BCUT2D eigenvalue weighted by Gasteiger charge is -2.09. The molecule has 13 heavy (non-hydrogen) atoms. The van der Waals surface area contributed by atoms with Crippen LogP contribution < -0.4 is 0 Å². The molecule has 1 unspecified atom stereocenters. The summed E-state index contributed by atoms with van der Waals surface area (Å²) in [4.78, 5) is 0. The van der Waals surface area contributed by atoms with Gasteiger partial charge in [-0.15, -0.1) is 0 Å². The van der Waals surface area contributed by atoms with Gasteiger partial charge in [0.25, 0.3) is 0 Å². The molecule has 2 heterocycles. The van der Waals surface area contributed by atoms with Crippen LogP contribution in [0.2, 0.25) is 0 Å². The highest BCUT2D eigenvalue weighted by Crippen LogP contribution is 2.32. The van der Waals surface area contributed by atoms with Crippen molar-refractivity contribution < 1.29 is 17.9 Å². The molecule has 2 aliphatic rings. The molecule has 0 saturated carbocycles. The summed E-state index contributed by atoms with van der Waals surface area (Å²) in [5, 5.41) is 0. The largest absolute Gasteiger partial charge is 0.378 e. The molecule has 2 saturated heterocycles. The molecule has 0 spiro atoms. The van der Waals surface area contributed by atoms with E-state index < -0.39 is 9.05 Å². The number of hydrogen-bond donors (Lipinski definition) is 0. The van der Waals surface area contributed by atoms with E-state index in [1.54, 1.807) is 0 Å². The molecule has 3 atom stereocenters. The molecule has 0 amide bonds. The minimum atomic E-state index is -3.43. The number of halogens is 1. The van der Waals surface area contributed by atoms with E-state index in [4.69, 9.17) is 20.2 Å². The summed E-state index contributed by atoms with van der Waals surface area (Å²) in [6.07, 6.45) is 0.598. The average Bonchev–Trinajstić information content (AvgIpc) is 2.40. The molecule has 0 aromatic rings. The van der Waals surface area contributed by atoms with E-state index in [0.29, 0.717) is 19.1 Å². The predicted molar refractivity (Wildman–Crippen MR) is 47.2 cm³/mol. The van der Waals surface area contributed by atoms with Crippen LogP contribution in [-0.4, -0.2) is 39.6 Å². The number of ether oxygens (including phenoxy) is 2. The van der Waals surface area contributed by atoms with Crippen LogP contribution >= 0.6 is 10.7 Å². The number of rotatable bonds is 2. The molecular weight excluding hydrogens is 216 g/mol. The molecule has 0 aromatic carbocycles.